The minimum Gasteiger partial charge on any atom is -0.338 e. The van der Waals surface area contributed by atoms with E-state index in [1.54, 1.807) is 11.3 Å². The summed E-state index contributed by atoms with van der Waals surface area (Å²) in [4.78, 5) is 28.7. The molecule has 2 heterocycles. The van der Waals surface area contributed by atoms with Gasteiger partial charge in [-0.25, -0.2) is 0 Å². The lowest BCUT2D eigenvalue weighted by molar-refractivity contribution is -0.128. The zero-order valence-electron chi connectivity index (χ0n) is 15.6. The van der Waals surface area contributed by atoms with Gasteiger partial charge >= 0.3 is 0 Å². The summed E-state index contributed by atoms with van der Waals surface area (Å²) in [5.74, 6) is 0.196. The number of aryl methyl sites for hydroxylation is 2. The molecule has 2 amide bonds. The average molecular weight is 383 g/mol. The van der Waals surface area contributed by atoms with Crippen LogP contribution in [0.15, 0.2) is 30.3 Å². The second-order valence-corrected chi connectivity index (χ2v) is 8.68. The van der Waals surface area contributed by atoms with Crippen molar-refractivity contribution in [3.63, 3.8) is 0 Å². The van der Waals surface area contributed by atoms with Gasteiger partial charge in [0.25, 0.3) is 5.91 Å². The molecule has 1 aliphatic heterocycles. The van der Waals surface area contributed by atoms with E-state index in [0.717, 1.165) is 41.9 Å². The van der Waals surface area contributed by atoms with E-state index in [4.69, 9.17) is 0 Å². The van der Waals surface area contributed by atoms with E-state index in [1.807, 2.05) is 29.2 Å². The van der Waals surface area contributed by atoms with Gasteiger partial charge in [-0.3, -0.25) is 9.59 Å². The van der Waals surface area contributed by atoms with Crippen molar-refractivity contribution in [2.24, 2.45) is 0 Å². The molecule has 2 aliphatic rings. The number of thiophene rings is 1. The molecule has 27 heavy (non-hydrogen) atoms. The number of carbonyl (C=O) groups is 2. The normalized spacial score (nSPS) is 17.3. The molecule has 5 heteroatoms. The van der Waals surface area contributed by atoms with Gasteiger partial charge in [-0.2, -0.15) is 0 Å². The van der Waals surface area contributed by atoms with Crippen molar-refractivity contribution in [1.82, 2.24) is 4.90 Å². The van der Waals surface area contributed by atoms with Crippen molar-refractivity contribution >= 4 is 28.8 Å². The summed E-state index contributed by atoms with van der Waals surface area (Å²) in [5, 5.41) is 3.04. The number of hydrogen-bond donors (Lipinski definition) is 1. The third-order valence-corrected chi connectivity index (χ3v) is 6.69. The summed E-state index contributed by atoms with van der Waals surface area (Å²) in [5.41, 5.74) is 3.22. The maximum atomic E-state index is 12.7. The smallest absolute Gasteiger partial charge is 0.265 e. The number of nitrogens with one attached hydrogen (secondary N) is 1. The van der Waals surface area contributed by atoms with Crippen molar-refractivity contribution in [3.8, 4) is 0 Å². The molecule has 1 aromatic heterocycles. The van der Waals surface area contributed by atoms with E-state index in [-0.39, 0.29) is 11.8 Å². The van der Waals surface area contributed by atoms with Crippen LogP contribution in [-0.2, 0) is 24.2 Å². The Morgan fingerprint density at radius 3 is 2.70 bits per heavy atom. The largest absolute Gasteiger partial charge is 0.338 e. The van der Waals surface area contributed by atoms with Crippen LogP contribution in [0.4, 0.5) is 5.69 Å². The van der Waals surface area contributed by atoms with Crippen LogP contribution >= 0.6 is 11.3 Å². The van der Waals surface area contributed by atoms with Gasteiger partial charge in [-0.05, 0) is 61.4 Å². The minimum atomic E-state index is -0.0267. The molecule has 1 fully saturated rings. The van der Waals surface area contributed by atoms with Crippen LogP contribution in [0.2, 0.25) is 0 Å². The number of benzene rings is 1. The highest BCUT2D eigenvalue weighted by Gasteiger charge is 2.20. The van der Waals surface area contributed by atoms with Gasteiger partial charge in [0.2, 0.25) is 5.91 Å². The number of fused-ring (bicyclic) bond motifs is 1. The van der Waals surface area contributed by atoms with E-state index in [2.05, 4.69) is 11.4 Å². The van der Waals surface area contributed by atoms with E-state index in [9.17, 15) is 9.59 Å². The lowest BCUT2D eigenvalue weighted by atomic mass is 10.00. The van der Waals surface area contributed by atoms with Gasteiger partial charge in [-0.15, -0.1) is 11.3 Å². The quantitative estimate of drug-likeness (QED) is 0.827. The van der Waals surface area contributed by atoms with Gasteiger partial charge in [0, 0.05) is 30.1 Å². The SMILES string of the molecule is O=C(Nc1cccc(CN2CCCC2=O)c1)c1cc2c(s1)CCCCCC2. The summed E-state index contributed by atoms with van der Waals surface area (Å²) >= 11 is 1.65. The van der Waals surface area contributed by atoms with Gasteiger partial charge in [0.15, 0.2) is 0 Å². The van der Waals surface area contributed by atoms with Crippen LogP contribution in [0.25, 0.3) is 0 Å². The lowest BCUT2D eigenvalue weighted by Crippen LogP contribution is -2.23. The molecule has 0 unspecified atom stereocenters. The molecular weight excluding hydrogens is 356 g/mol. The van der Waals surface area contributed by atoms with Crippen LogP contribution < -0.4 is 5.32 Å². The highest BCUT2D eigenvalue weighted by atomic mass is 32.1. The van der Waals surface area contributed by atoms with Gasteiger partial charge < -0.3 is 10.2 Å². The zero-order chi connectivity index (χ0) is 18.6. The number of amides is 2. The Morgan fingerprint density at radius 2 is 1.89 bits per heavy atom. The number of hydrogen-bond acceptors (Lipinski definition) is 3. The lowest BCUT2D eigenvalue weighted by Gasteiger charge is -2.16. The monoisotopic (exact) mass is 382 g/mol. The first-order chi connectivity index (χ1) is 13.2. The average Bonchev–Trinajstić information content (AvgIpc) is 3.22. The Hall–Kier alpha value is -2.14. The van der Waals surface area contributed by atoms with E-state index in [0.29, 0.717) is 13.0 Å². The Kier molecular flexibility index (Phi) is 5.58. The predicted octanol–water partition coefficient (Wildman–Crippen LogP) is 4.78. The topological polar surface area (TPSA) is 49.4 Å². The van der Waals surface area contributed by atoms with E-state index in [1.165, 1.54) is 36.1 Å². The third-order valence-electron chi connectivity index (χ3n) is 5.45. The Labute approximate surface area is 164 Å². The fraction of sp³-hybridized carbons (Fsp3) is 0.455. The highest BCUT2D eigenvalue weighted by molar-refractivity contribution is 7.14. The number of carbonyl (C=O) groups excluding carboxylic acids is 2. The summed E-state index contributed by atoms with van der Waals surface area (Å²) in [6.07, 6.45) is 8.84. The van der Waals surface area contributed by atoms with Gasteiger partial charge in [-0.1, -0.05) is 25.0 Å². The molecule has 142 valence electrons. The molecule has 0 spiro atoms. The molecule has 1 N–H and O–H groups in total. The molecule has 0 atom stereocenters. The first-order valence-electron chi connectivity index (χ1n) is 9.99. The van der Waals surface area contributed by atoms with Crippen molar-refractivity contribution in [2.75, 3.05) is 11.9 Å². The van der Waals surface area contributed by atoms with Crippen molar-refractivity contribution in [1.29, 1.82) is 0 Å². The first-order valence-corrected chi connectivity index (χ1v) is 10.8. The second-order valence-electron chi connectivity index (χ2n) is 7.55. The molecule has 4 nitrogen and oxygen atoms in total. The first kappa shape index (κ1) is 18.2. The Bertz CT molecular complexity index is 817. The van der Waals surface area contributed by atoms with Crippen LogP contribution in [0.3, 0.4) is 0 Å². The fourth-order valence-electron chi connectivity index (χ4n) is 3.99. The number of likely N-dealkylation sites (tertiary alicyclic amines) is 1. The van der Waals surface area contributed by atoms with Crippen LogP contribution in [0, 0.1) is 0 Å². The fourth-order valence-corrected chi connectivity index (χ4v) is 5.14. The van der Waals surface area contributed by atoms with Gasteiger partial charge in [0.05, 0.1) is 4.88 Å². The summed E-state index contributed by atoms with van der Waals surface area (Å²) in [6, 6.07) is 9.94. The second kappa shape index (κ2) is 8.26. The van der Waals surface area contributed by atoms with Crippen LogP contribution in [0.5, 0.6) is 0 Å². The van der Waals surface area contributed by atoms with E-state index >= 15 is 0 Å². The van der Waals surface area contributed by atoms with Crippen molar-refractivity contribution < 1.29 is 9.59 Å². The molecule has 0 radical (unpaired) electrons. The minimum absolute atomic E-state index is 0.0267. The van der Waals surface area contributed by atoms with Crippen molar-refractivity contribution in [2.45, 2.75) is 57.9 Å². The standard InChI is InChI=1S/C22H26N2O2S/c25-21-11-6-12-24(21)15-16-7-5-9-18(13-16)23-22(26)20-14-17-8-3-1-2-4-10-19(17)27-20/h5,7,9,13-14H,1-4,6,8,10-12,15H2,(H,23,26). The molecule has 0 bridgehead atoms. The maximum Gasteiger partial charge on any atom is 0.265 e. The number of rotatable bonds is 4. The number of nitrogens with zero attached hydrogens (tertiary/aromatic N) is 1. The van der Waals surface area contributed by atoms with E-state index < -0.39 is 0 Å². The van der Waals surface area contributed by atoms with Gasteiger partial charge in [0.1, 0.15) is 0 Å². The summed E-state index contributed by atoms with van der Waals surface area (Å²) < 4.78 is 0. The Morgan fingerprint density at radius 1 is 1.04 bits per heavy atom. The molecule has 4 rings (SSSR count). The molecular formula is C22H26N2O2S. The maximum absolute atomic E-state index is 12.7. The molecule has 0 saturated carbocycles. The van der Waals surface area contributed by atoms with Crippen LogP contribution in [0.1, 0.15) is 64.2 Å². The van der Waals surface area contributed by atoms with Crippen molar-refractivity contribution in [3.05, 3.63) is 51.2 Å². The third kappa shape index (κ3) is 4.41. The van der Waals surface area contributed by atoms with Crippen LogP contribution in [-0.4, -0.2) is 23.3 Å². The molecule has 1 saturated heterocycles. The number of anilines is 1. The summed E-state index contributed by atoms with van der Waals surface area (Å²) in [7, 11) is 0. The molecule has 1 aromatic carbocycles. The molecule has 1 aliphatic carbocycles. The zero-order valence-corrected chi connectivity index (χ0v) is 16.4. The Balaban J connectivity index is 1.44. The highest BCUT2D eigenvalue weighted by Crippen LogP contribution is 2.29. The predicted molar refractivity (Wildman–Crippen MR) is 109 cm³/mol. The summed E-state index contributed by atoms with van der Waals surface area (Å²) in [6.45, 7) is 1.45. The molecule has 2 aromatic rings.